The monoisotopic (exact) mass is 631 g/mol. The summed E-state index contributed by atoms with van der Waals surface area (Å²) in [5.74, 6) is -1.22. The van der Waals surface area contributed by atoms with E-state index in [0.717, 1.165) is 16.8 Å². The predicted octanol–water partition coefficient (Wildman–Crippen LogP) is 5.39. The van der Waals surface area contributed by atoms with Gasteiger partial charge >= 0.3 is 12.1 Å². The van der Waals surface area contributed by atoms with Crippen LogP contribution in [-0.4, -0.2) is 63.5 Å². The Morgan fingerprint density at radius 1 is 1.02 bits per heavy atom. The van der Waals surface area contributed by atoms with Crippen molar-refractivity contribution in [1.82, 2.24) is 15.1 Å². The standard InChI is InChI=1S/C34H37N3O7S/c1-22(38)36(25-18-12-7-13-19-25)28-30(39)37-27(26(20-45-31(28)37)42-21-35-33(41)44-34(2,3)4)32(40)43-29(23-14-8-5-9-15-23)24-16-10-6-11-17-24/h5-12,14-17,19-20,27-29,31H,13,18,21H2,1-4H3,(H,35,41)/t27-,28?,31+/m1/s1. The summed E-state index contributed by atoms with van der Waals surface area (Å²) in [4.78, 5) is 56.1. The molecule has 0 spiro atoms. The van der Waals surface area contributed by atoms with Gasteiger partial charge in [0.15, 0.2) is 18.9 Å². The van der Waals surface area contributed by atoms with Crippen LogP contribution in [0.3, 0.4) is 0 Å². The lowest BCUT2D eigenvalue weighted by Gasteiger charge is -2.54. The summed E-state index contributed by atoms with van der Waals surface area (Å²) in [6, 6.07) is 16.6. The number of ether oxygens (including phenoxy) is 3. The molecule has 11 heteroatoms. The van der Waals surface area contributed by atoms with Crippen molar-refractivity contribution in [1.29, 1.82) is 0 Å². The quantitative estimate of drug-likeness (QED) is 0.170. The van der Waals surface area contributed by atoms with E-state index in [1.165, 1.54) is 28.5 Å². The van der Waals surface area contributed by atoms with Gasteiger partial charge in [-0.25, -0.2) is 9.59 Å². The predicted molar refractivity (Wildman–Crippen MR) is 169 cm³/mol. The number of alkyl carbamates (subject to hydrolysis) is 1. The number of thioether (sulfide) groups is 1. The zero-order chi connectivity index (χ0) is 32.1. The molecule has 1 aliphatic carbocycles. The summed E-state index contributed by atoms with van der Waals surface area (Å²) >= 11 is 1.27. The molecule has 1 saturated heterocycles. The number of allylic oxidation sites excluding steroid dienone is 3. The fourth-order valence-corrected chi connectivity index (χ4v) is 6.64. The first kappa shape index (κ1) is 31.9. The molecular formula is C34H37N3O7S. The summed E-state index contributed by atoms with van der Waals surface area (Å²) in [5.41, 5.74) is 1.55. The summed E-state index contributed by atoms with van der Waals surface area (Å²) in [5, 5.41) is 3.62. The highest BCUT2D eigenvalue weighted by Gasteiger charge is 2.59. The van der Waals surface area contributed by atoms with Gasteiger partial charge in [0.25, 0.3) is 5.91 Å². The fourth-order valence-electron chi connectivity index (χ4n) is 5.42. The Labute approximate surface area is 267 Å². The van der Waals surface area contributed by atoms with E-state index in [-0.39, 0.29) is 18.4 Å². The van der Waals surface area contributed by atoms with Gasteiger partial charge in [-0.1, -0.05) is 78.9 Å². The summed E-state index contributed by atoms with van der Waals surface area (Å²) in [7, 11) is 0. The van der Waals surface area contributed by atoms with Gasteiger partial charge in [0.2, 0.25) is 5.91 Å². The van der Waals surface area contributed by atoms with Crippen LogP contribution in [0.15, 0.2) is 95.8 Å². The molecule has 3 amide bonds. The molecule has 3 aliphatic rings. The van der Waals surface area contributed by atoms with E-state index in [4.69, 9.17) is 14.2 Å². The number of amides is 3. The zero-order valence-electron chi connectivity index (χ0n) is 25.7. The molecule has 2 aromatic rings. The van der Waals surface area contributed by atoms with Gasteiger partial charge in [-0.2, -0.15) is 0 Å². The van der Waals surface area contributed by atoms with E-state index in [2.05, 4.69) is 5.32 Å². The minimum Gasteiger partial charge on any atom is -0.474 e. The van der Waals surface area contributed by atoms with Crippen LogP contribution in [0, 0.1) is 0 Å². The smallest absolute Gasteiger partial charge is 0.410 e. The molecule has 45 heavy (non-hydrogen) atoms. The highest BCUT2D eigenvalue weighted by molar-refractivity contribution is 8.02. The average Bonchev–Trinajstić information content (AvgIpc) is 3.02. The first-order valence-corrected chi connectivity index (χ1v) is 15.7. The Morgan fingerprint density at radius 3 is 2.22 bits per heavy atom. The molecular weight excluding hydrogens is 594 g/mol. The number of carbonyl (C=O) groups excluding carboxylic acids is 4. The summed E-state index contributed by atoms with van der Waals surface area (Å²) < 4.78 is 17.3. The third-order valence-electron chi connectivity index (χ3n) is 7.35. The van der Waals surface area contributed by atoms with Crippen LogP contribution in [0.2, 0.25) is 0 Å². The second-order valence-electron chi connectivity index (χ2n) is 11.7. The lowest BCUT2D eigenvalue weighted by Crippen LogP contribution is -2.74. The maximum atomic E-state index is 14.1. The summed E-state index contributed by atoms with van der Waals surface area (Å²) in [6.07, 6.45) is 5.66. The topological polar surface area (TPSA) is 114 Å². The van der Waals surface area contributed by atoms with Crippen molar-refractivity contribution in [2.45, 2.75) is 69.7 Å². The van der Waals surface area contributed by atoms with E-state index in [0.29, 0.717) is 12.8 Å². The van der Waals surface area contributed by atoms with Crippen LogP contribution in [0.4, 0.5) is 4.79 Å². The molecule has 2 aromatic carbocycles. The third kappa shape index (κ3) is 7.25. The van der Waals surface area contributed by atoms with Crippen LogP contribution >= 0.6 is 11.8 Å². The third-order valence-corrected chi connectivity index (χ3v) is 8.48. The number of nitrogens with zero attached hydrogens (tertiary/aromatic N) is 2. The van der Waals surface area contributed by atoms with E-state index in [1.54, 1.807) is 26.2 Å². The van der Waals surface area contributed by atoms with Gasteiger partial charge in [0.1, 0.15) is 22.8 Å². The molecule has 2 heterocycles. The maximum Gasteiger partial charge on any atom is 0.410 e. The molecule has 0 bridgehead atoms. The van der Waals surface area contributed by atoms with Crippen molar-refractivity contribution in [3.05, 3.63) is 107 Å². The van der Waals surface area contributed by atoms with Crippen molar-refractivity contribution in [2.24, 2.45) is 0 Å². The number of rotatable bonds is 9. The van der Waals surface area contributed by atoms with Crippen LogP contribution in [0.1, 0.15) is 57.8 Å². The number of nitrogens with one attached hydrogen (secondary N) is 1. The Kier molecular flexibility index (Phi) is 9.67. The van der Waals surface area contributed by atoms with Gasteiger partial charge in [-0.05, 0) is 38.3 Å². The molecule has 5 rings (SSSR count). The highest BCUT2D eigenvalue weighted by Crippen LogP contribution is 2.44. The van der Waals surface area contributed by atoms with Crippen LogP contribution in [0.25, 0.3) is 0 Å². The van der Waals surface area contributed by atoms with Crippen molar-refractivity contribution < 1.29 is 33.4 Å². The summed E-state index contributed by atoms with van der Waals surface area (Å²) in [6.45, 7) is 6.36. The first-order valence-electron chi connectivity index (χ1n) is 14.8. The number of hydrogen-bond acceptors (Lipinski definition) is 8. The molecule has 0 aromatic heterocycles. The van der Waals surface area contributed by atoms with Gasteiger partial charge in [0.05, 0.1) is 0 Å². The zero-order valence-corrected chi connectivity index (χ0v) is 26.5. The van der Waals surface area contributed by atoms with Gasteiger partial charge < -0.3 is 24.0 Å². The highest BCUT2D eigenvalue weighted by atomic mass is 32.2. The van der Waals surface area contributed by atoms with E-state index >= 15 is 0 Å². The lowest BCUT2D eigenvalue weighted by atomic mass is 9.97. The number of benzene rings is 2. The van der Waals surface area contributed by atoms with Crippen LogP contribution in [-0.2, 0) is 28.6 Å². The van der Waals surface area contributed by atoms with Gasteiger partial charge in [-0.15, -0.1) is 11.8 Å². The Hall–Kier alpha value is -4.51. The minimum atomic E-state index is -1.25. The van der Waals surface area contributed by atoms with Crippen molar-refractivity contribution in [2.75, 3.05) is 6.73 Å². The van der Waals surface area contributed by atoms with Crippen LogP contribution < -0.4 is 5.32 Å². The van der Waals surface area contributed by atoms with E-state index < -0.39 is 47.1 Å². The second kappa shape index (κ2) is 13.6. The normalized spacial score (nSPS) is 20.7. The first-order chi connectivity index (χ1) is 21.5. The molecule has 0 saturated carbocycles. The van der Waals surface area contributed by atoms with E-state index in [1.807, 2.05) is 78.9 Å². The second-order valence-corrected chi connectivity index (χ2v) is 12.7. The molecule has 3 atom stereocenters. The number of esters is 1. The molecule has 1 fully saturated rings. The average molecular weight is 632 g/mol. The number of hydrogen-bond donors (Lipinski definition) is 1. The van der Waals surface area contributed by atoms with E-state index in [9.17, 15) is 19.2 Å². The SMILES string of the molecule is CC(=O)N(C1=CCC=CC1)C1C(=O)N2[C@@H](C(=O)OC(c3ccccc3)c3ccccc3)C(OCNC(=O)OC(C)(C)C)=CS[C@@H]12. The molecule has 236 valence electrons. The van der Waals surface area contributed by atoms with Crippen molar-refractivity contribution in [3.8, 4) is 0 Å². The Balaban J connectivity index is 1.43. The van der Waals surface area contributed by atoms with Gasteiger partial charge in [0, 0.05) is 24.4 Å². The molecule has 10 nitrogen and oxygen atoms in total. The number of fused-ring (bicyclic) bond motifs is 1. The number of carbonyl (C=O) groups is 4. The Morgan fingerprint density at radius 2 is 1.67 bits per heavy atom. The Bertz CT molecular complexity index is 1480. The van der Waals surface area contributed by atoms with Gasteiger partial charge in [-0.3, -0.25) is 14.9 Å². The molecule has 1 unspecified atom stereocenters. The molecule has 0 radical (unpaired) electrons. The maximum absolute atomic E-state index is 14.1. The largest absolute Gasteiger partial charge is 0.474 e. The molecule has 1 N–H and O–H groups in total. The minimum absolute atomic E-state index is 0.137. The lowest BCUT2D eigenvalue weighted by molar-refractivity contribution is -0.172. The van der Waals surface area contributed by atoms with Crippen molar-refractivity contribution >= 4 is 35.6 Å². The fraction of sp³-hybridized carbons (Fsp3) is 0.353. The number of β-lactam (4-membered cyclic amide) rings is 1. The van der Waals surface area contributed by atoms with Crippen molar-refractivity contribution in [3.63, 3.8) is 0 Å². The van der Waals surface area contributed by atoms with Crippen LogP contribution in [0.5, 0.6) is 0 Å². The molecule has 2 aliphatic heterocycles.